The minimum Gasteiger partial charge on any atom is -0.475 e. The van der Waals surface area contributed by atoms with E-state index in [4.69, 9.17) is 17.0 Å². The fourth-order valence-electron chi connectivity index (χ4n) is 1.78. The molecule has 19 heavy (non-hydrogen) atoms. The molecular weight excluding hydrogens is 270 g/mol. The Labute approximate surface area is 126 Å². The number of rotatable bonds is 11. The first-order valence-electron chi connectivity index (χ1n) is 7.86. The lowest BCUT2D eigenvalue weighted by Gasteiger charge is -2.17. The molecular formula is C15H33NOSSi. The molecule has 0 radical (unpaired) electrons. The van der Waals surface area contributed by atoms with Crippen LogP contribution in [0.5, 0.6) is 0 Å². The Balaban J connectivity index is 3.23. The van der Waals surface area contributed by atoms with Gasteiger partial charge in [-0.15, -0.1) is 0 Å². The maximum Gasteiger partial charge on any atom is 0.256 e. The largest absolute Gasteiger partial charge is 0.475 e. The minimum absolute atomic E-state index is 0.588. The van der Waals surface area contributed by atoms with Crippen LogP contribution in [-0.4, -0.2) is 26.0 Å². The first kappa shape index (κ1) is 18.9. The Morgan fingerprint density at radius 1 is 0.947 bits per heavy atom. The quantitative estimate of drug-likeness (QED) is 0.333. The van der Waals surface area contributed by atoms with E-state index in [0.29, 0.717) is 5.17 Å². The number of thiocarbonyl (C=S) groups is 1. The predicted molar refractivity (Wildman–Crippen MR) is 92.5 cm³/mol. The minimum atomic E-state index is -1.15. The molecule has 114 valence electrons. The second kappa shape index (κ2) is 11.7. The maximum atomic E-state index is 5.56. The molecule has 0 aliphatic rings. The van der Waals surface area contributed by atoms with E-state index in [0.717, 1.165) is 12.8 Å². The maximum absolute atomic E-state index is 5.56. The van der Waals surface area contributed by atoms with Gasteiger partial charge in [-0.05, 0) is 18.6 Å². The third-order valence-electron chi connectivity index (χ3n) is 2.94. The SMILES string of the molecule is CCCCCCCCCCNC(=S)OC[Si](C)(C)C. The first-order chi connectivity index (χ1) is 8.95. The van der Waals surface area contributed by atoms with Gasteiger partial charge in [0.25, 0.3) is 5.17 Å². The third kappa shape index (κ3) is 15.9. The number of hydrogen-bond acceptors (Lipinski definition) is 2. The molecule has 0 bridgehead atoms. The molecule has 0 saturated heterocycles. The van der Waals surface area contributed by atoms with Crippen LogP contribution in [0.15, 0.2) is 0 Å². The summed E-state index contributed by atoms with van der Waals surface area (Å²) in [5.41, 5.74) is 0. The summed E-state index contributed by atoms with van der Waals surface area (Å²) in [4.78, 5) is 0. The normalized spacial score (nSPS) is 11.4. The molecule has 0 rings (SSSR count). The van der Waals surface area contributed by atoms with Gasteiger partial charge in [0.15, 0.2) is 0 Å². The second-order valence-corrected chi connectivity index (χ2v) is 12.3. The molecule has 0 unspecified atom stereocenters. The molecule has 1 N–H and O–H groups in total. The van der Waals surface area contributed by atoms with Crippen molar-refractivity contribution in [2.45, 2.75) is 77.9 Å². The van der Waals surface area contributed by atoms with Crippen LogP contribution < -0.4 is 5.32 Å². The van der Waals surface area contributed by atoms with Crippen molar-refractivity contribution in [3.05, 3.63) is 0 Å². The average Bonchev–Trinajstić information content (AvgIpc) is 2.33. The van der Waals surface area contributed by atoms with Crippen LogP contribution in [0.3, 0.4) is 0 Å². The highest BCUT2D eigenvalue weighted by molar-refractivity contribution is 7.80. The first-order valence-corrected chi connectivity index (χ1v) is 12.0. The van der Waals surface area contributed by atoms with Gasteiger partial charge in [-0.3, -0.25) is 0 Å². The van der Waals surface area contributed by atoms with Gasteiger partial charge < -0.3 is 10.1 Å². The van der Waals surface area contributed by atoms with E-state index in [1.807, 2.05) is 0 Å². The van der Waals surface area contributed by atoms with Crippen LogP contribution in [0.1, 0.15) is 58.3 Å². The molecule has 0 aromatic carbocycles. The van der Waals surface area contributed by atoms with E-state index in [-0.39, 0.29) is 0 Å². The molecule has 0 atom stereocenters. The predicted octanol–water partition coefficient (Wildman–Crippen LogP) is 4.90. The Kier molecular flexibility index (Phi) is 11.7. The summed E-state index contributed by atoms with van der Waals surface area (Å²) < 4.78 is 5.56. The summed E-state index contributed by atoms with van der Waals surface area (Å²) >= 11 is 5.16. The lowest BCUT2D eigenvalue weighted by Crippen LogP contribution is -2.34. The smallest absolute Gasteiger partial charge is 0.256 e. The van der Waals surface area contributed by atoms with Crippen LogP contribution in [0, 0.1) is 0 Å². The van der Waals surface area contributed by atoms with Gasteiger partial charge >= 0.3 is 0 Å². The summed E-state index contributed by atoms with van der Waals surface area (Å²) in [6.45, 7) is 10.1. The molecule has 0 saturated carbocycles. The zero-order chi connectivity index (χ0) is 14.6. The monoisotopic (exact) mass is 303 g/mol. The van der Waals surface area contributed by atoms with Gasteiger partial charge in [-0.2, -0.15) is 0 Å². The summed E-state index contributed by atoms with van der Waals surface area (Å²) in [6, 6.07) is 0. The molecule has 0 heterocycles. The van der Waals surface area contributed by atoms with Crippen molar-refractivity contribution in [3.8, 4) is 0 Å². The van der Waals surface area contributed by atoms with Crippen LogP contribution >= 0.6 is 12.2 Å². The topological polar surface area (TPSA) is 21.3 Å². The Bertz CT molecular complexity index is 229. The summed E-state index contributed by atoms with van der Waals surface area (Å²) in [6.07, 6.45) is 11.6. The molecule has 0 spiro atoms. The molecule has 0 aromatic heterocycles. The van der Waals surface area contributed by atoms with Gasteiger partial charge in [0.05, 0.1) is 14.3 Å². The zero-order valence-corrected chi connectivity index (χ0v) is 15.2. The third-order valence-corrected chi connectivity index (χ3v) is 4.21. The number of nitrogens with one attached hydrogen (secondary N) is 1. The summed E-state index contributed by atoms with van der Waals surface area (Å²) in [5.74, 6) is 0. The van der Waals surface area contributed by atoms with Crippen molar-refractivity contribution in [2.24, 2.45) is 0 Å². The fourth-order valence-corrected chi connectivity index (χ4v) is 2.63. The van der Waals surface area contributed by atoms with Crippen LogP contribution in [0.4, 0.5) is 0 Å². The zero-order valence-electron chi connectivity index (χ0n) is 13.4. The van der Waals surface area contributed by atoms with Crippen molar-refractivity contribution in [2.75, 3.05) is 12.8 Å². The summed E-state index contributed by atoms with van der Waals surface area (Å²) in [5, 5.41) is 3.79. The van der Waals surface area contributed by atoms with Gasteiger partial charge in [-0.25, -0.2) is 0 Å². The van der Waals surface area contributed by atoms with E-state index in [1.165, 1.54) is 51.4 Å². The van der Waals surface area contributed by atoms with Crippen LogP contribution in [-0.2, 0) is 4.74 Å². The standard InChI is InChI=1S/C15H33NOSSi/c1-5-6-7-8-9-10-11-12-13-16-15(18)17-14-19(2,3)4/h5-14H2,1-4H3,(H,16,18). The lowest BCUT2D eigenvalue weighted by atomic mass is 10.1. The van der Waals surface area contributed by atoms with Crippen molar-refractivity contribution in [3.63, 3.8) is 0 Å². The van der Waals surface area contributed by atoms with Crippen LogP contribution in [0.25, 0.3) is 0 Å². The lowest BCUT2D eigenvalue weighted by molar-refractivity contribution is 0.356. The molecule has 4 heteroatoms. The molecule has 0 aliphatic carbocycles. The van der Waals surface area contributed by atoms with E-state index < -0.39 is 8.07 Å². The van der Waals surface area contributed by atoms with Gasteiger partial charge in [0.1, 0.15) is 0 Å². The summed E-state index contributed by atoms with van der Waals surface area (Å²) in [7, 11) is -1.15. The van der Waals surface area contributed by atoms with Gasteiger partial charge in [-0.1, -0.05) is 71.5 Å². The second-order valence-electron chi connectivity index (χ2n) is 6.54. The Morgan fingerprint density at radius 2 is 1.47 bits per heavy atom. The molecule has 0 fully saturated rings. The molecule has 2 nitrogen and oxygen atoms in total. The number of ether oxygens (including phenoxy) is 1. The average molecular weight is 304 g/mol. The highest BCUT2D eigenvalue weighted by Gasteiger charge is 2.14. The fraction of sp³-hybridized carbons (Fsp3) is 0.933. The molecule has 0 aliphatic heterocycles. The van der Waals surface area contributed by atoms with Crippen molar-refractivity contribution >= 4 is 25.5 Å². The Hall–Kier alpha value is -0.0931. The van der Waals surface area contributed by atoms with E-state index >= 15 is 0 Å². The highest BCUT2D eigenvalue weighted by Crippen LogP contribution is 2.08. The molecule has 0 aromatic rings. The highest BCUT2D eigenvalue weighted by atomic mass is 32.1. The number of hydrogen-bond donors (Lipinski definition) is 1. The number of unbranched alkanes of at least 4 members (excludes halogenated alkanes) is 7. The van der Waals surface area contributed by atoms with Crippen LogP contribution in [0.2, 0.25) is 19.6 Å². The van der Waals surface area contributed by atoms with E-state index in [1.54, 1.807) is 0 Å². The van der Waals surface area contributed by atoms with Gasteiger partial charge in [0.2, 0.25) is 0 Å². The van der Waals surface area contributed by atoms with Crippen molar-refractivity contribution in [1.29, 1.82) is 0 Å². The Morgan fingerprint density at radius 3 is 2.00 bits per heavy atom. The van der Waals surface area contributed by atoms with Crippen molar-refractivity contribution < 1.29 is 4.74 Å². The van der Waals surface area contributed by atoms with Crippen molar-refractivity contribution in [1.82, 2.24) is 5.32 Å². The van der Waals surface area contributed by atoms with E-state index in [2.05, 4.69) is 31.9 Å². The molecule has 0 amide bonds. The van der Waals surface area contributed by atoms with Gasteiger partial charge in [0, 0.05) is 6.54 Å². The van der Waals surface area contributed by atoms with E-state index in [9.17, 15) is 0 Å².